The lowest BCUT2D eigenvalue weighted by molar-refractivity contribution is 0.348. The summed E-state index contributed by atoms with van der Waals surface area (Å²) < 4.78 is 2.59. The molecule has 0 bridgehead atoms. The first-order chi connectivity index (χ1) is 8.72. The predicted octanol–water partition coefficient (Wildman–Crippen LogP) is 2.44. The lowest BCUT2D eigenvalue weighted by Crippen LogP contribution is -2.31. The Morgan fingerprint density at radius 1 is 1.39 bits per heavy atom. The van der Waals surface area contributed by atoms with E-state index in [1.54, 1.807) is 4.68 Å². The molecule has 18 heavy (non-hydrogen) atoms. The lowest BCUT2D eigenvalue weighted by Gasteiger charge is -2.22. The van der Waals surface area contributed by atoms with E-state index >= 15 is 0 Å². The van der Waals surface area contributed by atoms with Gasteiger partial charge in [-0.2, -0.15) is 0 Å². The molecule has 0 aliphatic heterocycles. The zero-order chi connectivity index (χ0) is 13.0. The summed E-state index contributed by atoms with van der Waals surface area (Å²) in [6.07, 6.45) is 9.18. The number of hydrogen-bond donors (Lipinski definition) is 2. The van der Waals surface area contributed by atoms with Crippen molar-refractivity contribution in [2.75, 3.05) is 0 Å². The lowest BCUT2D eigenvalue weighted by atomic mass is 9.92. The van der Waals surface area contributed by atoms with Crippen molar-refractivity contribution >= 4 is 15.9 Å². The molecule has 1 fully saturated rings. The van der Waals surface area contributed by atoms with Crippen LogP contribution in [0.2, 0.25) is 0 Å². The normalized spacial score (nSPS) is 19.7. The summed E-state index contributed by atoms with van der Waals surface area (Å²) in [5.41, 5.74) is 3.97. The maximum Gasteiger partial charge on any atom is 0.153 e. The second-order valence-corrected chi connectivity index (χ2v) is 5.95. The smallest absolute Gasteiger partial charge is 0.153 e. The van der Waals surface area contributed by atoms with Gasteiger partial charge in [0, 0.05) is 7.05 Å². The van der Waals surface area contributed by atoms with E-state index < -0.39 is 0 Å². The molecule has 2 rings (SSSR count). The molecule has 1 heterocycles. The minimum atomic E-state index is 0.127. The molecule has 6 heteroatoms. The highest BCUT2D eigenvalue weighted by Gasteiger charge is 2.23. The largest absolute Gasteiger partial charge is 0.271 e. The Bertz CT molecular complexity index is 351. The van der Waals surface area contributed by atoms with Crippen LogP contribution in [0.3, 0.4) is 0 Å². The Morgan fingerprint density at radius 2 is 2.06 bits per heavy atom. The van der Waals surface area contributed by atoms with Crippen LogP contribution in [0.25, 0.3) is 0 Å². The van der Waals surface area contributed by atoms with Crippen molar-refractivity contribution in [1.29, 1.82) is 0 Å². The summed E-state index contributed by atoms with van der Waals surface area (Å²) in [7, 11) is 1.91. The molecule has 0 spiro atoms. The van der Waals surface area contributed by atoms with Gasteiger partial charge < -0.3 is 0 Å². The van der Waals surface area contributed by atoms with E-state index in [1.165, 1.54) is 38.5 Å². The first-order valence-corrected chi connectivity index (χ1v) is 7.53. The Morgan fingerprint density at radius 3 is 2.56 bits per heavy atom. The fourth-order valence-electron chi connectivity index (χ4n) is 2.90. The highest BCUT2D eigenvalue weighted by Crippen LogP contribution is 2.32. The number of nitrogens with zero attached hydrogens (tertiary/aromatic N) is 3. The van der Waals surface area contributed by atoms with Gasteiger partial charge in [0.05, 0.1) is 11.7 Å². The number of aromatic nitrogens is 3. The standard InChI is InChI=1S/C12H22BrN5/c1-18-11(12(13)16-17-18)10(15-14)8-9-6-4-2-3-5-7-9/h9-10,15H,2-8,14H2,1H3. The molecule has 3 N–H and O–H groups in total. The monoisotopic (exact) mass is 315 g/mol. The fraction of sp³-hybridized carbons (Fsp3) is 0.833. The van der Waals surface area contributed by atoms with Gasteiger partial charge in [0.15, 0.2) is 4.60 Å². The molecule has 0 radical (unpaired) electrons. The average molecular weight is 316 g/mol. The highest BCUT2D eigenvalue weighted by molar-refractivity contribution is 9.10. The van der Waals surface area contributed by atoms with Crippen molar-refractivity contribution in [1.82, 2.24) is 20.4 Å². The number of aryl methyl sites for hydroxylation is 1. The Hall–Kier alpha value is -0.460. The Kier molecular flexibility index (Phi) is 5.14. The number of nitrogens with one attached hydrogen (secondary N) is 1. The molecule has 1 aromatic rings. The average Bonchev–Trinajstić information content (AvgIpc) is 2.60. The van der Waals surface area contributed by atoms with Gasteiger partial charge in [-0.05, 0) is 28.3 Å². The maximum absolute atomic E-state index is 5.72. The molecular formula is C12H22BrN5. The third-order valence-electron chi connectivity index (χ3n) is 3.90. The summed E-state index contributed by atoms with van der Waals surface area (Å²) in [5, 5.41) is 8.05. The molecule has 5 nitrogen and oxygen atoms in total. The number of hydrogen-bond acceptors (Lipinski definition) is 4. The van der Waals surface area contributed by atoms with Crippen LogP contribution in [0.4, 0.5) is 0 Å². The second-order valence-electron chi connectivity index (χ2n) is 5.20. The number of nitrogens with two attached hydrogens (primary N) is 1. The van der Waals surface area contributed by atoms with Gasteiger partial charge in [-0.15, -0.1) is 5.10 Å². The molecule has 0 amide bonds. The SMILES string of the molecule is Cn1nnc(Br)c1C(CC1CCCCCC1)NN. The van der Waals surface area contributed by atoms with Crippen molar-refractivity contribution < 1.29 is 0 Å². The third-order valence-corrected chi connectivity index (χ3v) is 4.47. The van der Waals surface area contributed by atoms with Crippen molar-refractivity contribution in [3.63, 3.8) is 0 Å². The summed E-state index contributed by atoms with van der Waals surface area (Å²) in [6, 6.07) is 0.127. The van der Waals surface area contributed by atoms with Gasteiger partial charge in [-0.1, -0.05) is 43.7 Å². The number of hydrazine groups is 1. The molecule has 1 aromatic heterocycles. The second kappa shape index (κ2) is 6.63. The zero-order valence-electron chi connectivity index (χ0n) is 10.9. The quantitative estimate of drug-likeness (QED) is 0.508. The fourth-order valence-corrected chi connectivity index (χ4v) is 3.50. The Balaban J connectivity index is 2.04. The van der Waals surface area contributed by atoms with Crippen molar-refractivity contribution in [2.45, 2.75) is 51.0 Å². The van der Waals surface area contributed by atoms with Crippen LogP contribution >= 0.6 is 15.9 Å². The zero-order valence-corrected chi connectivity index (χ0v) is 12.5. The van der Waals surface area contributed by atoms with Crippen LogP contribution in [0.5, 0.6) is 0 Å². The molecule has 1 aliphatic carbocycles. The van der Waals surface area contributed by atoms with Crippen LogP contribution in [0.1, 0.15) is 56.7 Å². The predicted molar refractivity (Wildman–Crippen MR) is 74.6 cm³/mol. The first kappa shape index (κ1) is 14.0. The molecule has 1 saturated carbocycles. The van der Waals surface area contributed by atoms with Gasteiger partial charge in [0.1, 0.15) is 0 Å². The molecule has 102 valence electrons. The molecular weight excluding hydrogens is 294 g/mol. The van der Waals surface area contributed by atoms with Crippen LogP contribution in [-0.2, 0) is 7.05 Å². The van der Waals surface area contributed by atoms with Crippen LogP contribution in [0, 0.1) is 5.92 Å². The summed E-state index contributed by atoms with van der Waals surface area (Å²) in [5.74, 6) is 6.48. The topological polar surface area (TPSA) is 68.8 Å². The van der Waals surface area contributed by atoms with E-state index in [0.29, 0.717) is 0 Å². The van der Waals surface area contributed by atoms with E-state index in [2.05, 4.69) is 31.7 Å². The minimum absolute atomic E-state index is 0.127. The molecule has 1 atom stereocenters. The van der Waals surface area contributed by atoms with E-state index in [4.69, 9.17) is 5.84 Å². The third kappa shape index (κ3) is 3.30. The van der Waals surface area contributed by atoms with Crippen molar-refractivity contribution in [2.24, 2.45) is 18.8 Å². The molecule has 0 aromatic carbocycles. The van der Waals surface area contributed by atoms with Crippen molar-refractivity contribution in [3.05, 3.63) is 10.3 Å². The van der Waals surface area contributed by atoms with Gasteiger partial charge in [0.25, 0.3) is 0 Å². The van der Waals surface area contributed by atoms with Gasteiger partial charge >= 0.3 is 0 Å². The minimum Gasteiger partial charge on any atom is -0.271 e. The summed E-state index contributed by atoms with van der Waals surface area (Å²) in [4.78, 5) is 0. The van der Waals surface area contributed by atoms with Crippen LogP contribution in [-0.4, -0.2) is 15.0 Å². The molecule has 1 unspecified atom stereocenters. The number of halogens is 1. The van der Waals surface area contributed by atoms with Crippen LogP contribution < -0.4 is 11.3 Å². The molecule has 0 saturated heterocycles. The van der Waals surface area contributed by atoms with E-state index in [0.717, 1.165) is 22.6 Å². The summed E-state index contributed by atoms with van der Waals surface area (Å²) >= 11 is 3.45. The summed E-state index contributed by atoms with van der Waals surface area (Å²) in [6.45, 7) is 0. The number of rotatable bonds is 4. The van der Waals surface area contributed by atoms with Gasteiger partial charge in [-0.25, -0.2) is 4.68 Å². The van der Waals surface area contributed by atoms with Crippen LogP contribution in [0.15, 0.2) is 4.60 Å². The van der Waals surface area contributed by atoms with Gasteiger partial charge in [0.2, 0.25) is 0 Å². The van der Waals surface area contributed by atoms with E-state index in [1.807, 2.05) is 7.05 Å². The molecule has 1 aliphatic rings. The van der Waals surface area contributed by atoms with Crippen molar-refractivity contribution in [3.8, 4) is 0 Å². The Labute approximate surface area is 117 Å². The van der Waals surface area contributed by atoms with E-state index in [-0.39, 0.29) is 6.04 Å². The first-order valence-electron chi connectivity index (χ1n) is 6.73. The van der Waals surface area contributed by atoms with Gasteiger partial charge in [-0.3, -0.25) is 11.3 Å². The van der Waals surface area contributed by atoms with E-state index in [9.17, 15) is 0 Å². The highest BCUT2D eigenvalue weighted by atomic mass is 79.9. The maximum atomic E-state index is 5.72.